The smallest absolute Gasteiger partial charge is 0.249 e. The third kappa shape index (κ3) is 4.58. The highest BCUT2D eigenvalue weighted by atomic mass is 35.5. The lowest BCUT2D eigenvalue weighted by Crippen LogP contribution is -2.52. The number of benzene rings is 1. The van der Waals surface area contributed by atoms with Crippen LogP contribution < -0.4 is 0 Å². The Morgan fingerprint density at radius 1 is 1.33 bits per heavy atom. The number of rotatable bonds is 5. The van der Waals surface area contributed by atoms with E-state index in [0.717, 1.165) is 12.0 Å². The number of ether oxygens (including phenoxy) is 1. The van der Waals surface area contributed by atoms with Crippen molar-refractivity contribution in [2.75, 3.05) is 19.0 Å². The SMILES string of the molecule is CC[C@@H](CS(=O)C(C)(C)C)N1C(=O)COC[C@H]1c1ccc(Cl)cc1. The molecular weight excluding hydrogens is 346 g/mol. The van der Waals surface area contributed by atoms with E-state index < -0.39 is 10.8 Å². The highest BCUT2D eigenvalue weighted by Crippen LogP contribution is 2.30. The second-order valence-corrected chi connectivity index (χ2v) is 9.76. The molecule has 1 saturated heterocycles. The van der Waals surface area contributed by atoms with Gasteiger partial charge in [-0.25, -0.2) is 0 Å². The van der Waals surface area contributed by atoms with Gasteiger partial charge < -0.3 is 9.64 Å². The van der Waals surface area contributed by atoms with E-state index in [9.17, 15) is 9.00 Å². The van der Waals surface area contributed by atoms with Gasteiger partial charge in [0.25, 0.3) is 0 Å². The lowest BCUT2D eigenvalue weighted by Gasteiger charge is -2.41. The van der Waals surface area contributed by atoms with E-state index in [0.29, 0.717) is 17.4 Å². The second-order valence-electron chi connectivity index (χ2n) is 7.07. The van der Waals surface area contributed by atoms with Crippen molar-refractivity contribution in [1.82, 2.24) is 4.90 Å². The minimum absolute atomic E-state index is 0.0426. The Morgan fingerprint density at radius 2 is 1.96 bits per heavy atom. The molecule has 4 nitrogen and oxygen atoms in total. The van der Waals surface area contributed by atoms with Gasteiger partial charge in [0, 0.05) is 32.4 Å². The zero-order chi connectivity index (χ0) is 17.9. The first-order valence-corrected chi connectivity index (χ1v) is 9.96. The molecule has 0 bridgehead atoms. The van der Waals surface area contributed by atoms with Crippen LogP contribution in [-0.2, 0) is 20.3 Å². The fourth-order valence-electron chi connectivity index (χ4n) is 2.81. The van der Waals surface area contributed by atoms with E-state index in [2.05, 4.69) is 0 Å². The topological polar surface area (TPSA) is 46.6 Å². The molecule has 0 radical (unpaired) electrons. The highest BCUT2D eigenvalue weighted by molar-refractivity contribution is 7.86. The first-order chi connectivity index (χ1) is 11.2. The molecule has 0 aliphatic carbocycles. The number of morpholine rings is 1. The summed E-state index contributed by atoms with van der Waals surface area (Å²) >= 11 is 5.97. The molecule has 1 fully saturated rings. The quantitative estimate of drug-likeness (QED) is 0.794. The third-order valence-electron chi connectivity index (χ3n) is 4.27. The lowest BCUT2D eigenvalue weighted by molar-refractivity contribution is -0.151. The van der Waals surface area contributed by atoms with E-state index in [1.165, 1.54) is 0 Å². The Labute approximate surface area is 152 Å². The molecule has 1 amide bonds. The molecule has 1 unspecified atom stereocenters. The summed E-state index contributed by atoms with van der Waals surface area (Å²) in [7, 11) is -1.01. The normalized spacial score (nSPS) is 21.6. The molecular formula is C18H26ClNO3S. The van der Waals surface area contributed by atoms with Crippen LogP contribution in [0.4, 0.5) is 0 Å². The van der Waals surface area contributed by atoms with Crippen molar-refractivity contribution in [1.29, 1.82) is 0 Å². The molecule has 24 heavy (non-hydrogen) atoms. The average molecular weight is 372 g/mol. The third-order valence-corrected chi connectivity index (χ3v) is 6.58. The van der Waals surface area contributed by atoms with Crippen LogP contribution in [0.15, 0.2) is 24.3 Å². The maximum absolute atomic E-state index is 12.6. The van der Waals surface area contributed by atoms with E-state index in [1.807, 2.05) is 56.9 Å². The number of amides is 1. The Bertz CT molecular complexity index is 597. The van der Waals surface area contributed by atoms with Crippen molar-refractivity contribution in [2.45, 2.75) is 50.9 Å². The molecule has 0 spiro atoms. The van der Waals surface area contributed by atoms with E-state index >= 15 is 0 Å². The standard InChI is InChI=1S/C18H26ClNO3S/c1-5-15(12-24(22)18(2,3)4)20-16(10-23-11-17(20)21)13-6-8-14(19)9-7-13/h6-9,15-16H,5,10-12H2,1-4H3/t15-,16-,24?/m0/s1. The molecule has 1 aliphatic heterocycles. The van der Waals surface area contributed by atoms with Crippen molar-refractivity contribution in [3.05, 3.63) is 34.9 Å². The molecule has 0 N–H and O–H groups in total. The van der Waals surface area contributed by atoms with Gasteiger partial charge in [0.05, 0.1) is 12.6 Å². The van der Waals surface area contributed by atoms with E-state index in [1.54, 1.807) is 0 Å². The highest BCUT2D eigenvalue weighted by Gasteiger charge is 2.36. The molecule has 0 aromatic heterocycles. The van der Waals surface area contributed by atoms with Crippen LogP contribution >= 0.6 is 11.6 Å². The van der Waals surface area contributed by atoms with Crippen LogP contribution in [0.2, 0.25) is 5.02 Å². The van der Waals surface area contributed by atoms with Crippen LogP contribution in [0.5, 0.6) is 0 Å². The molecule has 1 aromatic carbocycles. The van der Waals surface area contributed by atoms with Crippen LogP contribution in [0, 0.1) is 0 Å². The molecule has 1 aliphatic rings. The van der Waals surface area contributed by atoms with Crippen LogP contribution in [0.3, 0.4) is 0 Å². The number of carbonyl (C=O) groups excluding carboxylic acids is 1. The summed E-state index contributed by atoms with van der Waals surface area (Å²) in [5.74, 6) is 0.439. The number of halogens is 1. The van der Waals surface area contributed by atoms with Gasteiger partial charge in [0.1, 0.15) is 6.61 Å². The van der Waals surface area contributed by atoms with Crippen LogP contribution in [-0.4, -0.2) is 44.8 Å². The van der Waals surface area contributed by atoms with Crippen molar-refractivity contribution in [3.63, 3.8) is 0 Å². The van der Waals surface area contributed by atoms with Gasteiger partial charge in [-0.2, -0.15) is 0 Å². The Balaban J connectivity index is 2.28. The number of carbonyl (C=O) groups is 1. The van der Waals surface area contributed by atoms with Gasteiger partial charge in [-0.05, 0) is 44.9 Å². The number of hydrogen-bond acceptors (Lipinski definition) is 3. The zero-order valence-electron chi connectivity index (χ0n) is 14.8. The molecule has 0 saturated carbocycles. The summed E-state index contributed by atoms with van der Waals surface area (Å²) in [5.41, 5.74) is 0.993. The lowest BCUT2D eigenvalue weighted by atomic mass is 10.0. The van der Waals surface area contributed by atoms with Crippen LogP contribution in [0.25, 0.3) is 0 Å². The van der Waals surface area contributed by atoms with Gasteiger partial charge in [-0.1, -0.05) is 30.7 Å². The molecule has 2 rings (SSSR count). The van der Waals surface area contributed by atoms with Crippen molar-refractivity contribution in [2.24, 2.45) is 0 Å². The number of hydrogen-bond donors (Lipinski definition) is 0. The fourth-order valence-corrected chi connectivity index (χ4v) is 4.18. The predicted octanol–water partition coefficient (Wildman–Crippen LogP) is 3.57. The van der Waals surface area contributed by atoms with Crippen molar-refractivity contribution < 1.29 is 13.7 Å². The van der Waals surface area contributed by atoms with E-state index in [4.69, 9.17) is 16.3 Å². The van der Waals surface area contributed by atoms with Gasteiger partial charge in [0.15, 0.2) is 0 Å². The summed E-state index contributed by atoms with van der Waals surface area (Å²) < 4.78 is 17.8. The average Bonchev–Trinajstić information content (AvgIpc) is 2.52. The molecule has 134 valence electrons. The first kappa shape index (κ1) is 19.4. The molecule has 1 heterocycles. The largest absolute Gasteiger partial charge is 0.369 e. The molecule has 3 atom stereocenters. The van der Waals surface area contributed by atoms with Gasteiger partial charge in [0.2, 0.25) is 5.91 Å². The zero-order valence-corrected chi connectivity index (χ0v) is 16.3. The summed E-state index contributed by atoms with van der Waals surface area (Å²) in [6.45, 7) is 8.47. The predicted molar refractivity (Wildman–Crippen MR) is 98.7 cm³/mol. The molecule has 1 aromatic rings. The van der Waals surface area contributed by atoms with Crippen molar-refractivity contribution in [3.8, 4) is 0 Å². The Kier molecular flexibility index (Phi) is 6.46. The van der Waals surface area contributed by atoms with Gasteiger partial charge in [-0.3, -0.25) is 9.00 Å². The molecule has 6 heteroatoms. The van der Waals surface area contributed by atoms with Crippen LogP contribution in [0.1, 0.15) is 45.7 Å². The summed E-state index contributed by atoms with van der Waals surface area (Å²) in [6.07, 6.45) is 0.762. The van der Waals surface area contributed by atoms with Gasteiger partial charge in [-0.15, -0.1) is 0 Å². The second kappa shape index (κ2) is 7.98. The summed E-state index contributed by atoms with van der Waals surface area (Å²) in [6, 6.07) is 7.27. The van der Waals surface area contributed by atoms with Crippen molar-refractivity contribution >= 4 is 28.3 Å². The Hall–Kier alpha value is -0.910. The Morgan fingerprint density at radius 3 is 2.50 bits per heavy atom. The minimum atomic E-state index is -1.01. The van der Waals surface area contributed by atoms with Gasteiger partial charge >= 0.3 is 0 Å². The maximum Gasteiger partial charge on any atom is 0.249 e. The summed E-state index contributed by atoms with van der Waals surface area (Å²) in [4.78, 5) is 14.4. The fraction of sp³-hybridized carbons (Fsp3) is 0.611. The maximum atomic E-state index is 12.6. The minimum Gasteiger partial charge on any atom is -0.369 e. The number of nitrogens with zero attached hydrogens (tertiary/aromatic N) is 1. The van der Waals surface area contributed by atoms with E-state index in [-0.39, 0.29) is 29.3 Å². The first-order valence-electron chi connectivity index (χ1n) is 8.27. The monoisotopic (exact) mass is 371 g/mol. The summed E-state index contributed by atoms with van der Waals surface area (Å²) in [5, 5.41) is 0.661.